The monoisotopic (exact) mass is 285 g/mol. The minimum Gasteiger partial charge on any atom is -0.358 e. The fourth-order valence-corrected chi connectivity index (χ4v) is 2.00. The molecule has 4 nitrogen and oxygen atoms in total. The Labute approximate surface area is 118 Å². The molecule has 112 valence electrons. The first-order valence-electron chi connectivity index (χ1n) is 6.67. The van der Waals surface area contributed by atoms with Gasteiger partial charge in [-0.3, -0.25) is 4.79 Å². The van der Waals surface area contributed by atoms with Crippen molar-refractivity contribution in [2.75, 3.05) is 31.6 Å². The predicted molar refractivity (Wildman–Crippen MR) is 75.7 cm³/mol. The molecule has 0 bridgehead atoms. The lowest BCUT2D eigenvalue weighted by atomic mass is 10.1. The molecule has 0 heterocycles. The van der Waals surface area contributed by atoms with Crippen molar-refractivity contribution in [3.8, 4) is 0 Å². The molecule has 0 spiro atoms. The lowest BCUT2D eigenvalue weighted by molar-refractivity contribution is -0.119. The molecule has 1 aromatic rings. The average Bonchev–Trinajstić information content (AvgIpc) is 2.37. The van der Waals surface area contributed by atoms with Gasteiger partial charge in [0.25, 0.3) is 0 Å². The number of carbonyl (C=O) groups excluding carboxylic acids is 1. The molecule has 0 aliphatic heterocycles. The molecule has 2 N–H and O–H groups in total. The smallest absolute Gasteiger partial charge is 0.239 e. The summed E-state index contributed by atoms with van der Waals surface area (Å²) in [5.74, 6) is -1.56. The molecular weight excluding hydrogens is 264 g/mol. The molecule has 1 amide bonds. The Hall–Kier alpha value is -1.69. The van der Waals surface area contributed by atoms with Gasteiger partial charge in [-0.25, -0.2) is 8.78 Å². The summed E-state index contributed by atoms with van der Waals surface area (Å²) in [5, 5.41) is 5.45. The fourth-order valence-electron chi connectivity index (χ4n) is 2.00. The van der Waals surface area contributed by atoms with Gasteiger partial charge in [0.15, 0.2) is 0 Å². The molecule has 0 aromatic heterocycles. The lowest BCUT2D eigenvalue weighted by Crippen LogP contribution is -2.38. The first-order chi connectivity index (χ1) is 9.53. The van der Waals surface area contributed by atoms with E-state index in [9.17, 15) is 13.6 Å². The highest BCUT2D eigenvalue weighted by molar-refractivity contribution is 5.81. The topological polar surface area (TPSA) is 44.4 Å². The number of nitrogens with one attached hydrogen (secondary N) is 2. The molecule has 0 fully saturated rings. The van der Waals surface area contributed by atoms with E-state index in [-0.39, 0.29) is 18.1 Å². The number of carbonyl (C=O) groups is 1. The van der Waals surface area contributed by atoms with Crippen LogP contribution in [0.25, 0.3) is 0 Å². The van der Waals surface area contributed by atoms with Gasteiger partial charge in [-0.2, -0.15) is 0 Å². The Bertz CT molecular complexity index is 443. The minimum atomic E-state index is -0.651. The second-order valence-corrected chi connectivity index (χ2v) is 4.41. The SMILES string of the molecule is CCNC(=O)CN(CC)c1c(F)cc(CNC)cc1F. The molecule has 0 atom stereocenters. The van der Waals surface area contributed by atoms with Crippen LogP contribution in [-0.4, -0.2) is 32.6 Å². The summed E-state index contributed by atoms with van der Waals surface area (Å²) in [5.41, 5.74) is 0.374. The van der Waals surface area contributed by atoms with Crippen LogP contribution >= 0.6 is 0 Å². The van der Waals surface area contributed by atoms with Crippen LogP contribution in [-0.2, 0) is 11.3 Å². The van der Waals surface area contributed by atoms with E-state index in [0.29, 0.717) is 25.2 Å². The molecule has 6 heteroatoms. The second-order valence-electron chi connectivity index (χ2n) is 4.41. The van der Waals surface area contributed by atoms with Crippen molar-refractivity contribution in [1.29, 1.82) is 0 Å². The van der Waals surface area contributed by atoms with Gasteiger partial charge in [0.05, 0.1) is 6.54 Å². The maximum Gasteiger partial charge on any atom is 0.239 e. The number of amides is 1. The summed E-state index contributed by atoms with van der Waals surface area (Å²) in [4.78, 5) is 13.0. The van der Waals surface area contributed by atoms with Gasteiger partial charge in [-0.1, -0.05) is 0 Å². The van der Waals surface area contributed by atoms with Gasteiger partial charge in [0.2, 0.25) is 5.91 Å². The van der Waals surface area contributed by atoms with Crippen molar-refractivity contribution in [2.45, 2.75) is 20.4 Å². The molecule has 0 aliphatic rings. The van der Waals surface area contributed by atoms with E-state index in [1.54, 1.807) is 20.9 Å². The number of rotatable bonds is 7. The Morgan fingerprint density at radius 1 is 1.25 bits per heavy atom. The zero-order chi connectivity index (χ0) is 15.1. The van der Waals surface area contributed by atoms with Crippen molar-refractivity contribution < 1.29 is 13.6 Å². The molecule has 20 heavy (non-hydrogen) atoms. The first-order valence-corrected chi connectivity index (χ1v) is 6.67. The van der Waals surface area contributed by atoms with Crippen molar-refractivity contribution in [1.82, 2.24) is 10.6 Å². The maximum atomic E-state index is 14.1. The summed E-state index contributed by atoms with van der Waals surface area (Å²) < 4.78 is 28.1. The van der Waals surface area contributed by atoms with E-state index in [1.165, 1.54) is 17.0 Å². The van der Waals surface area contributed by atoms with Crippen LogP contribution in [0.3, 0.4) is 0 Å². The van der Waals surface area contributed by atoms with E-state index in [1.807, 2.05) is 0 Å². The average molecular weight is 285 g/mol. The minimum absolute atomic E-state index is 0.0659. The fraction of sp³-hybridized carbons (Fsp3) is 0.500. The van der Waals surface area contributed by atoms with Crippen molar-refractivity contribution >= 4 is 11.6 Å². The lowest BCUT2D eigenvalue weighted by Gasteiger charge is -2.23. The number of anilines is 1. The highest BCUT2D eigenvalue weighted by Crippen LogP contribution is 2.24. The summed E-state index contributed by atoms with van der Waals surface area (Å²) >= 11 is 0. The van der Waals surface area contributed by atoms with Crippen LogP contribution in [0.4, 0.5) is 14.5 Å². The van der Waals surface area contributed by atoms with E-state index in [2.05, 4.69) is 10.6 Å². The molecule has 1 aromatic carbocycles. The molecule has 0 unspecified atom stereocenters. The zero-order valence-corrected chi connectivity index (χ0v) is 12.1. The first kappa shape index (κ1) is 16.4. The standard InChI is InChI=1S/C14H21F2N3O/c1-4-18-13(20)9-19(5-2)14-11(15)6-10(8-17-3)7-12(14)16/h6-7,17H,4-5,8-9H2,1-3H3,(H,18,20). The third kappa shape index (κ3) is 4.16. The quantitative estimate of drug-likeness (QED) is 0.800. The number of hydrogen-bond donors (Lipinski definition) is 2. The molecular formula is C14H21F2N3O. The summed E-state index contributed by atoms with van der Waals surface area (Å²) in [7, 11) is 1.71. The van der Waals surface area contributed by atoms with Crippen LogP contribution in [0.5, 0.6) is 0 Å². The predicted octanol–water partition coefficient (Wildman–Crippen LogP) is 1.65. The normalized spacial score (nSPS) is 10.4. The molecule has 0 aliphatic carbocycles. The summed E-state index contributed by atoms with van der Waals surface area (Å²) in [6.07, 6.45) is 0. The number of nitrogens with zero attached hydrogens (tertiary/aromatic N) is 1. The summed E-state index contributed by atoms with van der Waals surface area (Å²) in [6.45, 7) is 4.69. The zero-order valence-electron chi connectivity index (χ0n) is 12.1. The molecule has 0 saturated carbocycles. The van der Waals surface area contributed by atoms with Gasteiger partial charge in [-0.05, 0) is 38.6 Å². The number of hydrogen-bond acceptors (Lipinski definition) is 3. The van der Waals surface area contributed by atoms with Gasteiger partial charge >= 0.3 is 0 Å². The largest absolute Gasteiger partial charge is 0.358 e. The van der Waals surface area contributed by atoms with Crippen LogP contribution in [0.2, 0.25) is 0 Å². The maximum absolute atomic E-state index is 14.1. The third-order valence-corrected chi connectivity index (χ3v) is 2.86. The number of likely N-dealkylation sites (N-methyl/N-ethyl adjacent to an activating group) is 2. The van der Waals surface area contributed by atoms with Gasteiger partial charge < -0.3 is 15.5 Å². The number of benzene rings is 1. The van der Waals surface area contributed by atoms with Gasteiger partial charge in [0.1, 0.15) is 17.3 Å². The Morgan fingerprint density at radius 3 is 2.30 bits per heavy atom. The van der Waals surface area contributed by atoms with Crippen LogP contribution in [0, 0.1) is 11.6 Å². The van der Waals surface area contributed by atoms with Crippen molar-refractivity contribution in [3.05, 3.63) is 29.3 Å². The third-order valence-electron chi connectivity index (χ3n) is 2.86. The van der Waals surface area contributed by atoms with Gasteiger partial charge in [-0.15, -0.1) is 0 Å². The van der Waals surface area contributed by atoms with Crippen LogP contribution in [0.1, 0.15) is 19.4 Å². The Morgan fingerprint density at radius 2 is 1.85 bits per heavy atom. The summed E-state index contributed by atoms with van der Waals surface area (Å²) in [6, 6.07) is 2.57. The van der Waals surface area contributed by atoms with Crippen molar-refractivity contribution in [2.24, 2.45) is 0 Å². The number of halogens is 2. The van der Waals surface area contributed by atoms with E-state index in [4.69, 9.17) is 0 Å². The van der Waals surface area contributed by atoms with E-state index < -0.39 is 11.6 Å². The highest BCUT2D eigenvalue weighted by Gasteiger charge is 2.19. The highest BCUT2D eigenvalue weighted by atomic mass is 19.1. The Balaban J connectivity index is 3.00. The van der Waals surface area contributed by atoms with Crippen LogP contribution in [0.15, 0.2) is 12.1 Å². The molecule has 1 rings (SSSR count). The second kappa shape index (κ2) is 7.79. The van der Waals surface area contributed by atoms with E-state index >= 15 is 0 Å². The van der Waals surface area contributed by atoms with Crippen molar-refractivity contribution in [3.63, 3.8) is 0 Å². The Kier molecular flexibility index (Phi) is 6.38. The van der Waals surface area contributed by atoms with Crippen LogP contribution < -0.4 is 15.5 Å². The van der Waals surface area contributed by atoms with Gasteiger partial charge in [0, 0.05) is 19.6 Å². The van der Waals surface area contributed by atoms with E-state index in [0.717, 1.165) is 0 Å². The molecule has 0 saturated heterocycles. The molecule has 0 radical (unpaired) electrons.